The second kappa shape index (κ2) is 13.2. The van der Waals surface area contributed by atoms with E-state index in [-0.39, 0.29) is 17.9 Å². The van der Waals surface area contributed by atoms with Crippen LogP contribution in [0.2, 0.25) is 0 Å². The molecule has 11 nitrogen and oxygen atoms in total. The predicted octanol–water partition coefficient (Wildman–Crippen LogP) is 4.54. The van der Waals surface area contributed by atoms with Crippen molar-refractivity contribution in [1.82, 2.24) is 15.1 Å². The number of anilines is 2. The van der Waals surface area contributed by atoms with Gasteiger partial charge in [0.05, 0.1) is 44.8 Å². The first kappa shape index (κ1) is 28.8. The number of carbonyl (C=O) groups is 2. The Kier molecular flexibility index (Phi) is 9.52. The Hall–Kier alpha value is -4.22. The smallest absolute Gasteiger partial charge is 0.410 e. The van der Waals surface area contributed by atoms with Gasteiger partial charge in [-0.05, 0) is 68.7 Å². The van der Waals surface area contributed by atoms with Crippen LogP contribution >= 0.6 is 0 Å². The Morgan fingerprint density at radius 2 is 1.65 bits per heavy atom. The van der Waals surface area contributed by atoms with Crippen LogP contribution in [-0.4, -0.2) is 72.3 Å². The van der Waals surface area contributed by atoms with Gasteiger partial charge in [-0.3, -0.25) is 4.89 Å². The fourth-order valence-corrected chi connectivity index (χ4v) is 3.89. The Labute approximate surface area is 233 Å². The van der Waals surface area contributed by atoms with E-state index in [1.54, 1.807) is 11.0 Å². The van der Waals surface area contributed by atoms with Crippen molar-refractivity contribution < 1.29 is 33.6 Å². The van der Waals surface area contributed by atoms with Gasteiger partial charge in [-0.1, -0.05) is 24.3 Å². The number of nitrogens with one attached hydrogen (secondary N) is 1. The molecule has 1 N–H and O–H groups in total. The molecule has 2 aromatic carbocycles. The fourth-order valence-electron chi connectivity index (χ4n) is 3.89. The first-order valence-corrected chi connectivity index (χ1v) is 12.9. The van der Waals surface area contributed by atoms with Gasteiger partial charge in [0, 0.05) is 5.69 Å². The fraction of sp³-hybridized carbons (Fsp3) is 0.379. The van der Waals surface area contributed by atoms with Crippen LogP contribution in [0.5, 0.6) is 5.75 Å². The number of carbonyl (C=O) groups excluding carboxylic acids is 2. The maximum atomic E-state index is 12.0. The summed E-state index contributed by atoms with van der Waals surface area (Å²) in [5, 5.41) is 10.7. The second-order valence-corrected chi connectivity index (χ2v) is 10.2. The molecule has 1 amide bonds. The Balaban J connectivity index is 1.18. The number of nitrogens with zero attached hydrogens (tertiary/aromatic N) is 3. The summed E-state index contributed by atoms with van der Waals surface area (Å²) < 4.78 is 16.9. The monoisotopic (exact) mass is 550 g/mol. The zero-order valence-corrected chi connectivity index (χ0v) is 23.1. The van der Waals surface area contributed by atoms with Crippen LogP contribution in [0.25, 0.3) is 0 Å². The molecule has 1 fully saturated rings. The molecule has 1 aliphatic rings. The molecule has 0 saturated carbocycles. The van der Waals surface area contributed by atoms with Gasteiger partial charge in [0.2, 0.25) is 0 Å². The van der Waals surface area contributed by atoms with Crippen molar-refractivity contribution in [3.63, 3.8) is 0 Å². The number of likely N-dealkylation sites (tertiary alicyclic amines) is 1. The largest absolute Gasteiger partial charge is 0.491 e. The lowest BCUT2D eigenvalue weighted by molar-refractivity contribution is -0.216. The van der Waals surface area contributed by atoms with E-state index in [1.807, 2.05) is 69.3 Å². The first-order chi connectivity index (χ1) is 19.2. The van der Waals surface area contributed by atoms with E-state index in [4.69, 9.17) is 14.2 Å². The average molecular weight is 551 g/mol. The van der Waals surface area contributed by atoms with Gasteiger partial charge in [-0.25, -0.2) is 9.59 Å². The highest BCUT2D eigenvalue weighted by Crippen LogP contribution is 2.22. The molecule has 0 atom stereocenters. The van der Waals surface area contributed by atoms with Gasteiger partial charge in [0.1, 0.15) is 18.0 Å². The third-order valence-electron chi connectivity index (χ3n) is 5.84. The van der Waals surface area contributed by atoms with Crippen LogP contribution in [0.3, 0.4) is 0 Å². The average Bonchev–Trinajstić information content (AvgIpc) is 2.89. The number of benzene rings is 2. The Bertz CT molecular complexity index is 1270. The molecule has 0 radical (unpaired) electrons. The minimum absolute atomic E-state index is 0.00988. The summed E-state index contributed by atoms with van der Waals surface area (Å²) in [6, 6.07) is 17.4. The van der Waals surface area contributed by atoms with Crippen molar-refractivity contribution in [2.24, 2.45) is 0 Å². The number of hydrogen-bond acceptors (Lipinski definition) is 10. The molecule has 3 aromatic rings. The zero-order valence-electron chi connectivity index (χ0n) is 23.1. The highest BCUT2D eigenvalue weighted by molar-refractivity contribution is 5.93. The molecule has 40 heavy (non-hydrogen) atoms. The summed E-state index contributed by atoms with van der Waals surface area (Å²) in [5.41, 5.74) is 3.04. The molecule has 1 aliphatic heterocycles. The minimum atomic E-state index is -0.736. The number of aromatic nitrogens is 2. The summed E-state index contributed by atoms with van der Waals surface area (Å²) in [6.45, 7) is 7.49. The van der Waals surface area contributed by atoms with E-state index < -0.39 is 11.6 Å². The molecule has 0 aliphatic carbocycles. The summed E-state index contributed by atoms with van der Waals surface area (Å²) in [7, 11) is 1.25. The van der Waals surface area contributed by atoms with Crippen molar-refractivity contribution >= 4 is 23.4 Å². The maximum Gasteiger partial charge on any atom is 0.410 e. The Morgan fingerprint density at radius 1 is 0.975 bits per heavy atom. The predicted molar refractivity (Wildman–Crippen MR) is 146 cm³/mol. The third kappa shape index (κ3) is 8.39. The highest BCUT2D eigenvalue weighted by atomic mass is 17.2. The normalized spacial score (nSPS) is 13.3. The number of amides is 1. The van der Waals surface area contributed by atoms with E-state index in [0.29, 0.717) is 32.0 Å². The molecule has 0 unspecified atom stereocenters. The lowest BCUT2D eigenvalue weighted by Gasteiger charge is -2.39. The topological polar surface area (TPSA) is 121 Å². The van der Waals surface area contributed by atoms with Crippen LogP contribution in [0.15, 0.2) is 60.8 Å². The van der Waals surface area contributed by atoms with E-state index in [0.717, 1.165) is 29.0 Å². The number of ether oxygens (including phenoxy) is 3. The Morgan fingerprint density at radius 3 is 2.30 bits per heavy atom. The van der Waals surface area contributed by atoms with Crippen LogP contribution in [0, 0.1) is 0 Å². The summed E-state index contributed by atoms with van der Waals surface area (Å²) in [4.78, 5) is 34.6. The lowest BCUT2D eigenvalue weighted by Crippen LogP contribution is -2.56. The van der Waals surface area contributed by atoms with Gasteiger partial charge in [-0.2, -0.15) is 9.99 Å². The minimum Gasteiger partial charge on any atom is -0.491 e. The van der Waals surface area contributed by atoms with E-state index in [1.165, 1.54) is 13.3 Å². The van der Waals surface area contributed by atoms with E-state index in [2.05, 4.69) is 25.3 Å². The molecule has 4 rings (SSSR count). The van der Waals surface area contributed by atoms with Gasteiger partial charge in [0.25, 0.3) is 0 Å². The number of rotatable bonds is 11. The molecule has 2 heterocycles. The summed E-state index contributed by atoms with van der Waals surface area (Å²) in [6.07, 6.45) is 1.94. The summed E-state index contributed by atoms with van der Waals surface area (Å²) in [5.74, 6) is 0.0318. The van der Waals surface area contributed by atoms with Crippen molar-refractivity contribution in [3.05, 3.63) is 77.6 Å². The van der Waals surface area contributed by atoms with E-state index in [9.17, 15) is 9.59 Å². The van der Waals surface area contributed by atoms with Crippen LogP contribution in [0.4, 0.5) is 16.2 Å². The van der Waals surface area contributed by atoms with E-state index >= 15 is 0 Å². The van der Waals surface area contributed by atoms with Crippen molar-refractivity contribution in [2.75, 3.05) is 38.7 Å². The van der Waals surface area contributed by atoms with Crippen molar-refractivity contribution in [3.8, 4) is 5.75 Å². The van der Waals surface area contributed by atoms with Gasteiger partial charge in [0.15, 0.2) is 5.69 Å². The molecule has 0 bridgehead atoms. The van der Waals surface area contributed by atoms with Crippen LogP contribution in [-0.2, 0) is 25.7 Å². The first-order valence-electron chi connectivity index (χ1n) is 12.9. The molecule has 212 valence electrons. The molecule has 1 saturated heterocycles. The van der Waals surface area contributed by atoms with Gasteiger partial charge >= 0.3 is 12.1 Å². The summed E-state index contributed by atoms with van der Waals surface area (Å²) >= 11 is 0. The molecule has 11 heteroatoms. The highest BCUT2D eigenvalue weighted by Gasteiger charge is 2.34. The SMILES string of the molecule is COOC(=O)c1nnccc1Nc1ccc(Cc2ccc(OCCOC3CN(C(=O)OC(C)(C)C)C3)cc2)cc1. The van der Waals surface area contributed by atoms with Gasteiger partial charge < -0.3 is 24.4 Å². The quantitative estimate of drug-likeness (QED) is 0.207. The lowest BCUT2D eigenvalue weighted by atomic mass is 10.0. The molecule has 1 aromatic heterocycles. The molecular formula is C29H34N4O7. The zero-order chi connectivity index (χ0) is 28.5. The van der Waals surface area contributed by atoms with Crippen LogP contribution < -0.4 is 10.1 Å². The third-order valence-corrected chi connectivity index (χ3v) is 5.84. The number of hydrogen-bond donors (Lipinski definition) is 1. The van der Waals surface area contributed by atoms with Crippen molar-refractivity contribution in [1.29, 1.82) is 0 Å². The maximum absolute atomic E-state index is 12.0. The van der Waals surface area contributed by atoms with Crippen molar-refractivity contribution in [2.45, 2.75) is 38.9 Å². The standard InChI is InChI=1S/C29H34N4O7/c1-29(2,3)39-28(35)33-18-24(19-33)38-16-15-37-23-11-7-21(8-12-23)17-20-5-9-22(10-6-20)31-25-13-14-30-32-26(25)27(34)40-36-4/h5-14,24H,15-19H2,1-4H3,(H,30,31). The van der Waals surface area contributed by atoms with Crippen LogP contribution in [0.1, 0.15) is 42.4 Å². The molecule has 0 spiro atoms. The second-order valence-electron chi connectivity index (χ2n) is 10.2. The van der Waals surface area contributed by atoms with Gasteiger partial charge in [-0.15, -0.1) is 5.10 Å². The molecular weight excluding hydrogens is 516 g/mol.